The first-order valence-electron chi connectivity index (χ1n) is 4.89. The van der Waals surface area contributed by atoms with E-state index in [2.05, 4.69) is 24.2 Å². The third kappa shape index (κ3) is 3.61. The molecule has 0 saturated heterocycles. The second-order valence-electron chi connectivity index (χ2n) is 3.14. The van der Waals surface area contributed by atoms with Gasteiger partial charge in [-0.25, -0.2) is 5.43 Å². The molecule has 1 aromatic rings. The Balaban J connectivity index is 2.61. The van der Waals surface area contributed by atoms with Gasteiger partial charge < -0.3 is 0 Å². The van der Waals surface area contributed by atoms with Crippen molar-refractivity contribution in [2.45, 2.75) is 25.8 Å². The van der Waals surface area contributed by atoms with Gasteiger partial charge in [-0.2, -0.15) is 0 Å². The zero-order valence-corrected chi connectivity index (χ0v) is 8.46. The number of hydrogen-bond donors (Lipinski definition) is 2. The van der Waals surface area contributed by atoms with Crippen LogP contribution in [-0.4, -0.2) is 6.04 Å². The molecule has 1 unspecified atom stereocenters. The fraction of sp³-hybridized carbons (Fsp3) is 0.333. The van der Waals surface area contributed by atoms with Crippen LogP contribution in [0.4, 0.5) is 0 Å². The van der Waals surface area contributed by atoms with Crippen LogP contribution < -0.4 is 11.3 Å². The second-order valence-corrected chi connectivity index (χ2v) is 3.14. The van der Waals surface area contributed by atoms with Crippen LogP contribution in [0.3, 0.4) is 0 Å². The highest BCUT2D eigenvalue weighted by Gasteiger charge is 1.97. The minimum absolute atomic E-state index is 0.0974. The molecule has 2 nitrogen and oxygen atoms in total. The van der Waals surface area contributed by atoms with Crippen LogP contribution in [0.1, 0.15) is 25.3 Å². The fourth-order valence-electron chi connectivity index (χ4n) is 1.18. The van der Waals surface area contributed by atoms with Crippen molar-refractivity contribution in [2.75, 3.05) is 0 Å². The van der Waals surface area contributed by atoms with Gasteiger partial charge in [0.1, 0.15) is 0 Å². The molecule has 0 spiro atoms. The van der Waals surface area contributed by atoms with Gasteiger partial charge >= 0.3 is 0 Å². The fourth-order valence-corrected chi connectivity index (χ4v) is 1.18. The molecule has 0 aliphatic heterocycles. The standard InChI is InChI=1S/C12H16N2/c1-2-6-12(14-13)10-9-11-7-4-3-5-8-11/h3-5,7-8,12,14H,2,6,13H2,1H3. The average Bonchev–Trinajstić information content (AvgIpc) is 2.25. The molecule has 1 atom stereocenters. The molecule has 0 saturated carbocycles. The Hall–Kier alpha value is -1.30. The maximum absolute atomic E-state index is 5.37. The summed E-state index contributed by atoms with van der Waals surface area (Å²) in [6, 6.07) is 10.0. The second kappa shape index (κ2) is 6.20. The predicted octanol–water partition coefficient (Wildman–Crippen LogP) is 1.67. The number of nitrogens with two attached hydrogens (primary N) is 1. The summed E-state index contributed by atoms with van der Waals surface area (Å²) >= 11 is 0. The molecule has 0 fully saturated rings. The molecular weight excluding hydrogens is 172 g/mol. The largest absolute Gasteiger partial charge is 0.270 e. The summed E-state index contributed by atoms with van der Waals surface area (Å²) in [6.07, 6.45) is 2.06. The maximum Gasteiger partial charge on any atom is 0.0821 e. The molecule has 0 aliphatic carbocycles. The van der Waals surface area contributed by atoms with E-state index in [0.29, 0.717) is 0 Å². The summed E-state index contributed by atoms with van der Waals surface area (Å²) in [5, 5.41) is 0. The molecule has 1 rings (SSSR count). The monoisotopic (exact) mass is 188 g/mol. The Labute approximate surface area is 85.5 Å². The van der Waals surface area contributed by atoms with Crippen LogP contribution in [0.15, 0.2) is 30.3 Å². The Morgan fingerprint density at radius 2 is 2.07 bits per heavy atom. The normalized spacial score (nSPS) is 11.6. The van der Waals surface area contributed by atoms with Gasteiger partial charge in [-0.1, -0.05) is 43.4 Å². The zero-order chi connectivity index (χ0) is 10.2. The van der Waals surface area contributed by atoms with Crippen molar-refractivity contribution in [2.24, 2.45) is 5.84 Å². The summed E-state index contributed by atoms with van der Waals surface area (Å²) in [6.45, 7) is 2.12. The third-order valence-electron chi connectivity index (χ3n) is 1.94. The van der Waals surface area contributed by atoms with Crippen LogP contribution in [-0.2, 0) is 0 Å². The van der Waals surface area contributed by atoms with Crippen LogP contribution in [0.2, 0.25) is 0 Å². The number of benzene rings is 1. The van der Waals surface area contributed by atoms with Crippen molar-refractivity contribution in [1.29, 1.82) is 0 Å². The van der Waals surface area contributed by atoms with Crippen molar-refractivity contribution >= 4 is 0 Å². The van der Waals surface area contributed by atoms with Crippen molar-refractivity contribution in [3.05, 3.63) is 35.9 Å². The van der Waals surface area contributed by atoms with Crippen LogP contribution in [0, 0.1) is 11.8 Å². The maximum atomic E-state index is 5.37. The lowest BCUT2D eigenvalue weighted by atomic mass is 10.1. The summed E-state index contributed by atoms with van der Waals surface area (Å²) in [7, 11) is 0. The van der Waals surface area contributed by atoms with E-state index >= 15 is 0 Å². The van der Waals surface area contributed by atoms with E-state index in [4.69, 9.17) is 5.84 Å². The first kappa shape index (κ1) is 10.8. The quantitative estimate of drug-likeness (QED) is 0.430. The Morgan fingerprint density at radius 3 is 2.64 bits per heavy atom. The van der Waals surface area contributed by atoms with Crippen molar-refractivity contribution in [3.8, 4) is 11.8 Å². The lowest BCUT2D eigenvalue weighted by molar-refractivity contribution is 0.584. The summed E-state index contributed by atoms with van der Waals surface area (Å²) in [4.78, 5) is 0. The van der Waals surface area contributed by atoms with Gasteiger partial charge in [0.2, 0.25) is 0 Å². The third-order valence-corrected chi connectivity index (χ3v) is 1.94. The van der Waals surface area contributed by atoms with E-state index in [9.17, 15) is 0 Å². The molecule has 1 aromatic carbocycles. The van der Waals surface area contributed by atoms with Crippen LogP contribution in [0.25, 0.3) is 0 Å². The molecule has 2 heteroatoms. The lowest BCUT2D eigenvalue weighted by Gasteiger charge is -2.05. The number of nitrogens with one attached hydrogen (secondary N) is 1. The van der Waals surface area contributed by atoms with E-state index in [1.54, 1.807) is 0 Å². The van der Waals surface area contributed by atoms with E-state index in [1.165, 1.54) is 0 Å². The molecule has 0 bridgehead atoms. The van der Waals surface area contributed by atoms with Gasteiger partial charge in [0.15, 0.2) is 0 Å². The number of rotatable bonds is 3. The first-order valence-corrected chi connectivity index (χ1v) is 4.89. The van der Waals surface area contributed by atoms with Gasteiger partial charge in [-0.15, -0.1) is 0 Å². The number of hydrogen-bond acceptors (Lipinski definition) is 2. The molecule has 0 aliphatic rings. The molecule has 0 amide bonds. The van der Waals surface area contributed by atoms with Gasteiger partial charge in [-0.05, 0) is 18.6 Å². The summed E-state index contributed by atoms with van der Waals surface area (Å²) < 4.78 is 0. The smallest absolute Gasteiger partial charge is 0.0821 e. The minimum atomic E-state index is 0.0974. The van der Waals surface area contributed by atoms with Gasteiger partial charge in [0.25, 0.3) is 0 Å². The SMILES string of the molecule is CCCC(C#Cc1ccccc1)NN. The van der Waals surface area contributed by atoms with Gasteiger partial charge in [-0.3, -0.25) is 5.84 Å². The Bertz CT molecular complexity index is 308. The highest BCUT2D eigenvalue weighted by Crippen LogP contribution is 1.97. The van der Waals surface area contributed by atoms with Crippen molar-refractivity contribution in [1.82, 2.24) is 5.43 Å². The summed E-state index contributed by atoms with van der Waals surface area (Å²) in [5.41, 5.74) is 3.73. The van der Waals surface area contributed by atoms with E-state index in [-0.39, 0.29) is 6.04 Å². The summed E-state index contributed by atoms with van der Waals surface area (Å²) in [5.74, 6) is 11.6. The van der Waals surface area contributed by atoms with Gasteiger partial charge in [0, 0.05) is 5.56 Å². The Morgan fingerprint density at radius 1 is 1.36 bits per heavy atom. The highest BCUT2D eigenvalue weighted by molar-refractivity contribution is 5.34. The van der Waals surface area contributed by atoms with Crippen LogP contribution in [0.5, 0.6) is 0 Å². The highest BCUT2D eigenvalue weighted by atomic mass is 15.2. The first-order chi connectivity index (χ1) is 6.86. The van der Waals surface area contributed by atoms with E-state index < -0.39 is 0 Å². The van der Waals surface area contributed by atoms with E-state index in [1.807, 2.05) is 30.3 Å². The average molecular weight is 188 g/mol. The molecule has 74 valence electrons. The lowest BCUT2D eigenvalue weighted by Crippen LogP contribution is -2.33. The Kier molecular flexibility index (Phi) is 4.77. The molecule has 0 heterocycles. The molecular formula is C12H16N2. The zero-order valence-electron chi connectivity index (χ0n) is 8.46. The molecule has 3 N–H and O–H groups in total. The number of hydrazine groups is 1. The molecule has 0 radical (unpaired) electrons. The molecule has 0 aromatic heterocycles. The molecule has 14 heavy (non-hydrogen) atoms. The topological polar surface area (TPSA) is 38.0 Å². The van der Waals surface area contributed by atoms with Crippen molar-refractivity contribution in [3.63, 3.8) is 0 Å². The minimum Gasteiger partial charge on any atom is -0.270 e. The van der Waals surface area contributed by atoms with E-state index in [0.717, 1.165) is 18.4 Å². The van der Waals surface area contributed by atoms with Gasteiger partial charge in [0.05, 0.1) is 6.04 Å². The predicted molar refractivity (Wildman–Crippen MR) is 59.3 cm³/mol. The van der Waals surface area contributed by atoms with Crippen molar-refractivity contribution < 1.29 is 0 Å². The van der Waals surface area contributed by atoms with Crippen LogP contribution >= 0.6 is 0 Å².